The molecule has 1 aliphatic carbocycles. The van der Waals surface area contributed by atoms with Crippen molar-refractivity contribution >= 4 is 17.5 Å². The third-order valence-electron chi connectivity index (χ3n) is 4.23. The number of benzene rings is 1. The van der Waals surface area contributed by atoms with Crippen LogP contribution in [0.25, 0.3) is 0 Å². The number of aliphatic hydroxyl groups excluding tert-OH is 1. The Morgan fingerprint density at radius 3 is 2.76 bits per heavy atom. The van der Waals surface area contributed by atoms with Crippen LogP contribution in [0.2, 0.25) is 5.02 Å². The molecule has 4 nitrogen and oxygen atoms in total. The van der Waals surface area contributed by atoms with E-state index in [1.165, 1.54) is 18.3 Å². The van der Waals surface area contributed by atoms with Gasteiger partial charge in [0.25, 0.3) is 5.91 Å². The Morgan fingerprint density at radius 2 is 2.08 bits per heavy atom. The van der Waals surface area contributed by atoms with Gasteiger partial charge in [-0.15, -0.1) is 0 Å². The van der Waals surface area contributed by atoms with E-state index in [1.54, 1.807) is 0 Å². The first kappa shape index (κ1) is 17.7. The molecule has 0 fully saturated rings. The van der Waals surface area contributed by atoms with Crippen LogP contribution in [-0.4, -0.2) is 16.0 Å². The van der Waals surface area contributed by atoms with E-state index in [0.29, 0.717) is 0 Å². The number of halogens is 4. The number of pyridine rings is 1. The topological polar surface area (TPSA) is 62.2 Å². The lowest BCUT2D eigenvalue weighted by Crippen LogP contribution is -2.44. The highest BCUT2D eigenvalue weighted by molar-refractivity contribution is 6.30. The molecule has 0 saturated carbocycles. The molecule has 1 heterocycles. The molecule has 0 unspecified atom stereocenters. The number of carbonyl (C=O) groups is 1. The fourth-order valence-corrected chi connectivity index (χ4v) is 3.10. The van der Waals surface area contributed by atoms with Crippen molar-refractivity contribution < 1.29 is 23.1 Å². The molecule has 0 saturated heterocycles. The van der Waals surface area contributed by atoms with Gasteiger partial charge < -0.3 is 10.4 Å². The molecule has 8 heteroatoms. The van der Waals surface area contributed by atoms with Gasteiger partial charge in [0.05, 0.1) is 11.8 Å². The van der Waals surface area contributed by atoms with Crippen molar-refractivity contribution in [3.63, 3.8) is 0 Å². The first-order chi connectivity index (χ1) is 11.8. The van der Waals surface area contributed by atoms with Crippen LogP contribution >= 0.6 is 11.6 Å². The van der Waals surface area contributed by atoms with Crippen LogP contribution in [0.1, 0.15) is 35.8 Å². The number of nitrogens with zero attached hydrogens (tertiary/aromatic N) is 1. The predicted molar refractivity (Wildman–Crippen MR) is 84.4 cm³/mol. The number of aliphatic hydroxyl groups is 1. The van der Waals surface area contributed by atoms with Gasteiger partial charge in [0.15, 0.2) is 0 Å². The van der Waals surface area contributed by atoms with E-state index >= 15 is 4.39 Å². The fraction of sp³-hybridized carbons (Fsp3) is 0.294. The number of hydrogen-bond donors (Lipinski definition) is 2. The Hall–Kier alpha value is -2.12. The van der Waals surface area contributed by atoms with Crippen LogP contribution in [0.3, 0.4) is 0 Å². The molecule has 1 aromatic heterocycles. The molecule has 0 radical (unpaired) electrons. The molecule has 1 aliphatic rings. The molecule has 2 atom stereocenters. The SMILES string of the molecule is O=C(NCc1c(F)cc(Cl)cc1F)[C@]1(F)CC[C@H](O)c2ncccc21. The molecule has 2 aromatic rings. The molecule has 2 N–H and O–H groups in total. The Balaban J connectivity index is 1.84. The van der Waals surface area contributed by atoms with Gasteiger partial charge in [-0.2, -0.15) is 0 Å². The van der Waals surface area contributed by atoms with Crippen molar-refractivity contribution in [2.24, 2.45) is 0 Å². The van der Waals surface area contributed by atoms with Crippen molar-refractivity contribution in [2.45, 2.75) is 31.2 Å². The lowest BCUT2D eigenvalue weighted by atomic mass is 9.81. The van der Waals surface area contributed by atoms with Crippen molar-refractivity contribution in [3.8, 4) is 0 Å². The molecule has 0 aliphatic heterocycles. The van der Waals surface area contributed by atoms with E-state index in [0.717, 1.165) is 12.1 Å². The van der Waals surface area contributed by atoms with E-state index in [9.17, 15) is 18.7 Å². The van der Waals surface area contributed by atoms with Gasteiger partial charge in [0.1, 0.15) is 11.6 Å². The van der Waals surface area contributed by atoms with E-state index in [1.807, 2.05) is 0 Å². The fourth-order valence-electron chi connectivity index (χ4n) is 2.91. The quantitative estimate of drug-likeness (QED) is 0.871. The van der Waals surface area contributed by atoms with Gasteiger partial charge in [0, 0.05) is 28.9 Å². The van der Waals surface area contributed by atoms with Crippen molar-refractivity contribution in [1.29, 1.82) is 0 Å². The maximum Gasteiger partial charge on any atom is 0.262 e. The minimum absolute atomic E-state index is 0.0115. The summed E-state index contributed by atoms with van der Waals surface area (Å²) < 4.78 is 42.9. The summed E-state index contributed by atoms with van der Waals surface area (Å²) in [6.45, 7) is -0.530. The second-order valence-electron chi connectivity index (χ2n) is 5.82. The summed E-state index contributed by atoms with van der Waals surface area (Å²) in [5.74, 6) is -2.90. The monoisotopic (exact) mass is 370 g/mol. The van der Waals surface area contributed by atoms with Crippen molar-refractivity contribution in [1.82, 2.24) is 10.3 Å². The lowest BCUT2D eigenvalue weighted by Gasteiger charge is -2.32. The summed E-state index contributed by atoms with van der Waals surface area (Å²) in [4.78, 5) is 16.3. The smallest absolute Gasteiger partial charge is 0.262 e. The summed E-state index contributed by atoms with van der Waals surface area (Å²) in [5.41, 5.74) is -2.79. The number of nitrogens with one attached hydrogen (secondary N) is 1. The number of aromatic nitrogens is 1. The lowest BCUT2D eigenvalue weighted by molar-refractivity contribution is -0.135. The number of carbonyl (C=O) groups excluding carboxylic acids is 1. The van der Waals surface area contributed by atoms with E-state index in [4.69, 9.17) is 11.6 Å². The zero-order valence-corrected chi connectivity index (χ0v) is 13.7. The molecule has 25 heavy (non-hydrogen) atoms. The second-order valence-corrected chi connectivity index (χ2v) is 6.26. The van der Waals surface area contributed by atoms with E-state index in [2.05, 4.69) is 10.3 Å². The standard InChI is InChI=1S/C17H14ClF3N2O2/c18-9-6-12(19)10(13(20)7-9)8-23-16(25)17(21)4-3-14(24)15-11(17)2-1-5-22-15/h1-2,5-7,14,24H,3-4,8H2,(H,23,25)/t14-,17-/m0/s1. The molecule has 0 bridgehead atoms. The van der Waals surface area contributed by atoms with Gasteiger partial charge in [-0.05, 0) is 31.0 Å². The average Bonchev–Trinajstić information content (AvgIpc) is 2.57. The van der Waals surface area contributed by atoms with E-state index in [-0.39, 0.29) is 29.1 Å². The Labute approximate surface area is 146 Å². The Bertz CT molecular complexity index is 810. The summed E-state index contributed by atoms with van der Waals surface area (Å²) >= 11 is 5.54. The van der Waals surface area contributed by atoms with Crippen molar-refractivity contribution in [2.75, 3.05) is 0 Å². The third kappa shape index (κ3) is 3.21. The average molecular weight is 371 g/mol. The zero-order valence-electron chi connectivity index (χ0n) is 12.9. The van der Waals surface area contributed by atoms with Crippen LogP contribution in [0.4, 0.5) is 13.2 Å². The molecule has 3 rings (SSSR count). The number of hydrogen-bond acceptors (Lipinski definition) is 3. The number of alkyl halides is 1. The minimum Gasteiger partial charge on any atom is -0.387 e. The van der Waals surface area contributed by atoms with Gasteiger partial charge in [0.2, 0.25) is 5.67 Å². The minimum atomic E-state index is -2.43. The summed E-state index contributed by atoms with van der Waals surface area (Å²) in [6, 6.07) is 4.64. The Morgan fingerprint density at radius 1 is 1.40 bits per heavy atom. The normalized spacial score (nSPS) is 22.4. The van der Waals surface area contributed by atoms with Crippen molar-refractivity contribution in [3.05, 3.63) is 63.9 Å². The highest BCUT2D eigenvalue weighted by Gasteiger charge is 2.46. The maximum atomic E-state index is 15.3. The third-order valence-corrected chi connectivity index (χ3v) is 4.45. The molecular formula is C17H14ClF3N2O2. The second kappa shape index (κ2) is 6.65. The van der Waals surface area contributed by atoms with Crippen LogP contribution < -0.4 is 5.32 Å². The van der Waals surface area contributed by atoms with E-state index < -0.39 is 41.4 Å². The number of amides is 1. The molecule has 132 valence electrons. The van der Waals surface area contributed by atoms with Crippen LogP contribution in [0, 0.1) is 11.6 Å². The summed E-state index contributed by atoms with van der Waals surface area (Å²) in [5, 5.41) is 12.0. The van der Waals surface area contributed by atoms with Gasteiger partial charge >= 0.3 is 0 Å². The van der Waals surface area contributed by atoms with Gasteiger partial charge in [-0.3, -0.25) is 9.78 Å². The van der Waals surface area contributed by atoms with Gasteiger partial charge in [-0.1, -0.05) is 17.7 Å². The molecule has 0 spiro atoms. The molecule has 1 amide bonds. The number of fused-ring (bicyclic) bond motifs is 1. The van der Waals surface area contributed by atoms with Crippen LogP contribution in [0.15, 0.2) is 30.5 Å². The largest absolute Gasteiger partial charge is 0.387 e. The first-order valence-electron chi connectivity index (χ1n) is 7.57. The maximum absolute atomic E-state index is 15.3. The number of rotatable bonds is 3. The predicted octanol–water partition coefficient (Wildman–Crippen LogP) is 3.32. The van der Waals surface area contributed by atoms with Crippen LogP contribution in [0.5, 0.6) is 0 Å². The highest BCUT2D eigenvalue weighted by Crippen LogP contribution is 2.42. The van der Waals surface area contributed by atoms with Crippen LogP contribution in [-0.2, 0) is 17.0 Å². The summed E-state index contributed by atoms with van der Waals surface area (Å²) in [7, 11) is 0. The molecule has 1 aromatic carbocycles. The zero-order chi connectivity index (χ0) is 18.2. The van der Waals surface area contributed by atoms with Gasteiger partial charge in [-0.25, -0.2) is 13.2 Å². The highest BCUT2D eigenvalue weighted by atomic mass is 35.5. The molecular weight excluding hydrogens is 357 g/mol. The summed E-state index contributed by atoms with van der Waals surface area (Å²) in [6.07, 6.45) is 0.186. The first-order valence-corrected chi connectivity index (χ1v) is 7.95. The Kier molecular flexibility index (Phi) is 4.71.